The van der Waals surface area contributed by atoms with Crippen molar-refractivity contribution in [2.45, 2.75) is 77.8 Å². The van der Waals surface area contributed by atoms with Crippen LogP contribution in [0.1, 0.15) is 53.4 Å². The summed E-state index contributed by atoms with van der Waals surface area (Å²) < 4.78 is 0. The van der Waals surface area contributed by atoms with Gasteiger partial charge in [-0.05, 0) is 27.7 Å². The topological polar surface area (TPSA) is 339 Å². The second-order valence-corrected chi connectivity index (χ2v) is 7.57. The molecule has 0 aromatic heterocycles. The molecule has 0 saturated heterocycles. The summed E-state index contributed by atoms with van der Waals surface area (Å²) in [7, 11) is 0. The number of aliphatic hydroxyl groups excluding tert-OH is 6. The van der Waals surface area contributed by atoms with Gasteiger partial charge in [0.1, 0.15) is 73.2 Å². The highest BCUT2D eigenvalue weighted by Crippen LogP contribution is 2.04. The van der Waals surface area contributed by atoms with E-state index in [1.54, 1.807) is 0 Å². The summed E-state index contributed by atoms with van der Waals surface area (Å²) in [5.41, 5.74) is 0. The standard InChI is InChI=1S/C6H14O6.4C4H6O3/c7-1-3(9)5(11)6(12)4(10)2-8;4*1-3(5)2-4(6)7/h3-12H,1-2H2;4*2H2,1H3,(H,6,7)/t3-,4+,5-,6-;;;;/m1..../s1. The minimum atomic E-state index is -1.67. The molecule has 0 aliphatic rings. The van der Waals surface area contributed by atoms with E-state index in [9.17, 15) is 38.4 Å². The minimum Gasteiger partial charge on any atom is -0.481 e. The number of carboxylic acids is 4. The summed E-state index contributed by atoms with van der Waals surface area (Å²) in [5, 5.41) is 83.6. The fraction of sp³-hybridized carbons (Fsp3) is 0.636. The van der Waals surface area contributed by atoms with Crippen LogP contribution < -0.4 is 0 Å². The van der Waals surface area contributed by atoms with Crippen molar-refractivity contribution in [3.05, 3.63) is 0 Å². The van der Waals surface area contributed by atoms with Crippen LogP contribution in [-0.2, 0) is 38.4 Å². The van der Waals surface area contributed by atoms with Gasteiger partial charge in [0, 0.05) is 0 Å². The Morgan fingerprint density at radius 3 is 0.625 bits per heavy atom. The Balaban J connectivity index is -0.000000131. The smallest absolute Gasteiger partial charge is 0.310 e. The molecule has 10 N–H and O–H groups in total. The zero-order valence-electron chi connectivity index (χ0n) is 22.3. The third-order valence-corrected chi connectivity index (χ3v) is 3.11. The first-order chi connectivity index (χ1) is 18.0. The molecule has 40 heavy (non-hydrogen) atoms. The normalized spacial score (nSPS) is 12.2. The summed E-state index contributed by atoms with van der Waals surface area (Å²) in [6, 6.07) is 0. The summed E-state index contributed by atoms with van der Waals surface area (Å²) >= 11 is 0. The summed E-state index contributed by atoms with van der Waals surface area (Å²) in [5.74, 6) is -5.50. The molecule has 0 unspecified atom stereocenters. The van der Waals surface area contributed by atoms with Crippen LogP contribution in [0.3, 0.4) is 0 Å². The SMILES string of the molecule is CC(=O)CC(=O)O.CC(=O)CC(=O)O.CC(=O)CC(=O)O.CC(=O)CC(=O)O.OC[C@@H](O)[C@@H](O)[C@H](O)[C@@H](O)CO. The van der Waals surface area contributed by atoms with Crippen molar-refractivity contribution in [3.8, 4) is 0 Å². The van der Waals surface area contributed by atoms with Gasteiger partial charge in [-0.25, -0.2) is 0 Å². The molecule has 0 rings (SSSR count). The van der Waals surface area contributed by atoms with Crippen LogP contribution in [0.15, 0.2) is 0 Å². The number of aliphatic carboxylic acids is 4. The second kappa shape index (κ2) is 28.3. The first-order valence-corrected chi connectivity index (χ1v) is 10.8. The van der Waals surface area contributed by atoms with Crippen molar-refractivity contribution in [3.63, 3.8) is 0 Å². The second-order valence-electron chi connectivity index (χ2n) is 7.57. The molecule has 234 valence electrons. The van der Waals surface area contributed by atoms with E-state index in [2.05, 4.69) is 0 Å². The van der Waals surface area contributed by atoms with Gasteiger partial charge < -0.3 is 51.1 Å². The highest BCUT2D eigenvalue weighted by atomic mass is 16.4. The van der Waals surface area contributed by atoms with Crippen molar-refractivity contribution in [1.29, 1.82) is 0 Å². The van der Waals surface area contributed by atoms with E-state index in [1.165, 1.54) is 27.7 Å². The first-order valence-electron chi connectivity index (χ1n) is 10.8. The predicted molar refractivity (Wildman–Crippen MR) is 130 cm³/mol. The zero-order chi connectivity index (χ0) is 33.2. The maximum absolute atomic E-state index is 9.87. The van der Waals surface area contributed by atoms with E-state index in [0.29, 0.717) is 0 Å². The molecule has 0 saturated carbocycles. The summed E-state index contributed by atoms with van der Waals surface area (Å²) in [6.07, 6.45) is -7.84. The van der Waals surface area contributed by atoms with Crippen LogP contribution in [0.4, 0.5) is 0 Å². The molecule has 0 heterocycles. The highest BCUT2D eigenvalue weighted by Gasteiger charge is 2.29. The van der Waals surface area contributed by atoms with Crippen LogP contribution in [0.2, 0.25) is 0 Å². The Kier molecular flexibility index (Phi) is 32.7. The van der Waals surface area contributed by atoms with Gasteiger partial charge in [0.15, 0.2) is 0 Å². The fourth-order valence-corrected chi connectivity index (χ4v) is 1.52. The van der Waals surface area contributed by atoms with E-state index in [0.717, 1.165) is 0 Å². The molecule has 0 radical (unpaired) electrons. The average Bonchev–Trinajstić information content (AvgIpc) is 2.74. The number of carboxylic acid groups (broad SMARTS) is 4. The lowest BCUT2D eigenvalue weighted by atomic mass is 10.0. The average molecular weight is 591 g/mol. The molecule has 18 nitrogen and oxygen atoms in total. The van der Waals surface area contributed by atoms with Gasteiger partial charge in [-0.2, -0.15) is 0 Å². The molecule has 0 spiro atoms. The Labute approximate surface area is 228 Å². The van der Waals surface area contributed by atoms with Crippen LogP contribution in [-0.4, -0.2) is 136 Å². The van der Waals surface area contributed by atoms with Gasteiger partial charge in [0.05, 0.1) is 13.2 Å². The number of aliphatic hydroxyl groups is 6. The van der Waals surface area contributed by atoms with Gasteiger partial charge in [0.2, 0.25) is 0 Å². The molecular formula is C22H38O18. The van der Waals surface area contributed by atoms with Crippen molar-refractivity contribution < 1.29 is 89.4 Å². The van der Waals surface area contributed by atoms with Crippen molar-refractivity contribution >= 4 is 47.0 Å². The van der Waals surface area contributed by atoms with Gasteiger partial charge in [-0.1, -0.05) is 0 Å². The van der Waals surface area contributed by atoms with Crippen LogP contribution in [0, 0.1) is 0 Å². The Bertz CT molecular complexity index is 640. The van der Waals surface area contributed by atoms with Crippen molar-refractivity contribution in [2.24, 2.45) is 0 Å². The van der Waals surface area contributed by atoms with Gasteiger partial charge in [-0.15, -0.1) is 0 Å². The van der Waals surface area contributed by atoms with E-state index in [-0.39, 0.29) is 48.8 Å². The molecule has 0 aromatic carbocycles. The minimum absolute atomic E-state index is 0.312. The van der Waals surface area contributed by atoms with E-state index in [1.807, 2.05) is 0 Å². The van der Waals surface area contributed by atoms with Crippen LogP contribution in [0.25, 0.3) is 0 Å². The summed E-state index contributed by atoms with van der Waals surface area (Å²) in [4.78, 5) is 77.8. The predicted octanol–water partition coefficient (Wildman–Crippen LogP) is -3.38. The molecule has 0 amide bonds. The van der Waals surface area contributed by atoms with Gasteiger partial charge in [-0.3, -0.25) is 38.4 Å². The lowest BCUT2D eigenvalue weighted by molar-refractivity contribution is -0.141. The maximum Gasteiger partial charge on any atom is 0.310 e. The molecule has 0 aliphatic heterocycles. The lowest BCUT2D eigenvalue weighted by Crippen LogP contribution is -2.46. The number of rotatable bonds is 13. The highest BCUT2D eigenvalue weighted by molar-refractivity contribution is 5.94. The largest absolute Gasteiger partial charge is 0.481 e. The number of carbonyl (C=O) groups is 8. The Morgan fingerprint density at radius 2 is 0.575 bits per heavy atom. The third-order valence-electron chi connectivity index (χ3n) is 3.11. The quantitative estimate of drug-likeness (QED) is 0.0934. The molecule has 18 heteroatoms. The number of hydrogen-bond donors (Lipinski definition) is 10. The van der Waals surface area contributed by atoms with E-state index >= 15 is 0 Å². The van der Waals surface area contributed by atoms with E-state index < -0.39 is 61.5 Å². The molecule has 0 aromatic rings. The summed E-state index contributed by atoms with van der Waals surface area (Å²) in [6.45, 7) is 3.53. The van der Waals surface area contributed by atoms with Crippen LogP contribution in [0.5, 0.6) is 0 Å². The lowest BCUT2D eigenvalue weighted by Gasteiger charge is -2.24. The molecule has 0 aliphatic carbocycles. The number of hydrogen-bond acceptors (Lipinski definition) is 14. The number of carbonyl (C=O) groups excluding carboxylic acids is 4. The number of Topliss-reactive ketones (excluding diaryl/α,β-unsaturated/α-hetero) is 4. The van der Waals surface area contributed by atoms with Crippen LogP contribution >= 0.6 is 0 Å². The zero-order valence-corrected chi connectivity index (χ0v) is 22.3. The molecule has 0 fully saturated rings. The number of ketones is 4. The molecular weight excluding hydrogens is 552 g/mol. The monoisotopic (exact) mass is 590 g/mol. The van der Waals surface area contributed by atoms with E-state index in [4.69, 9.17) is 51.1 Å². The van der Waals surface area contributed by atoms with Gasteiger partial charge in [0.25, 0.3) is 0 Å². The maximum atomic E-state index is 9.87. The van der Waals surface area contributed by atoms with Crippen molar-refractivity contribution in [2.75, 3.05) is 13.2 Å². The molecule has 4 atom stereocenters. The van der Waals surface area contributed by atoms with Gasteiger partial charge >= 0.3 is 23.9 Å². The van der Waals surface area contributed by atoms with Crippen molar-refractivity contribution in [1.82, 2.24) is 0 Å². The fourth-order valence-electron chi connectivity index (χ4n) is 1.52. The first kappa shape index (κ1) is 46.2. The Hall–Kier alpha value is -3.68. The Morgan fingerprint density at radius 1 is 0.425 bits per heavy atom. The molecule has 0 bridgehead atoms. The third kappa shape index (κ3) is 47.5.